The summed E-state index contributed by atoms with van der Waals surface area (Å²) < 4.78 is 0. The molecule has 90 valence electrons. The summed E-state index contributed by atoms with van der Waals surface area (Å²) in [5, 5.41) is 5.44. The number of hydrogen-bond acceptors (Lipinski definition) is 4. The van der Waals surface area contributed by atoms with Crippen LogP contribution in [0, 0.1) is 0 Å². The fourth-order valence-corrected chi connectivity index (χ4v) is 2.04. The van der Waals surface area contributed by atoms with Gasteiger partial charge in [0.2, 0.25) is 5.91 Å². The highest BCUT2D eigenvalue weighted by molar-refractivity contribution is 7.13. The van der Waals surface area contributed by atoms with E-state index < -0.39 is 0 Å². The summed E-state index contributed by atoms with van der Waals surface area (Å²) in [5.41, 5.74) is 6.61. The molecule has 4 nitrogen and oxygen atoms in total. The maximum absolute atomic E-state index is 11.5. The molecule has 3 N–H and O–H groups in total. The molecular weight excluding hydrogens is 222 g/mol. The van der Waals surface area contributed by atoms with Gasteiger partial charge in [-0.15, -0.1) is 11.3 Å². The predicted molar refractivity (Wildman–Crippen MR) is 67.7 cm³/mol. The normalized spacial score (nSPS) is 12.8. The third-order valence-electron chi connectivity index (χ3n) is 2.19. The lowest BCUT2D eigenvalue weighted by atomic mass is 10.2. The van der Waals surface area contributed by atoms with Crippen LogP contribution in [0.4, 0.5) is 5.13 Å². The fraction of sp³-hybridized carbons (Fsp3) is 0.636. The quantitative estimate of drug-likeness (QED) is 0.831. The topological polar surface area (TPSA) is 68.0 Å². The van der Waals surface area contributed by atoms with Crippen LogP contribution in [-0.2, 0) is 4.79 Å². The van der Waals surface area contributed by atoms with E-state index in [1.54, 1.807) is 0 Å². The Kier molecular flexibility index (Phi) is 4.89. The molecule has 0 aliphatic carbocycles. The number of thiazole rings is 1. The van der Waals surface area contributed by atoms with Gasteiger partial charge in [0.05, 0.1) is 5.69 Å². The summed E-state index contributed by atoms with van der Waals surface area (Å²) >= 11 is 1.47. The van der Waals surface area contributed by atoms with Gasteiger partial charge >= 0.3 is 0 Å². The molecule has 5 heteroatoms. The molecule has 0 spiro atoms. The second kappa shape index (κ2) is 5.96. The Labute approximate surface area is 100 Å². The van der Waals surface area contributed by atoms with Gasteiger partial charge < -0.3 is 11.1 Å². The van der Waals surface area contributed by atoms with Gasteiger partial charge in [-0.2, -0.15) is 0 Å². The molecule has 1 rings (SSSR count). The molecule has 0 bridgehead atoms. The lowest BCUT2D eigenvalue weighted by Crippen LogP contribution is -2.19. The maximum atomic E-state index is 11.5. The van der Waals surface area contributed by atoms with E-state index in [0.29, 0.717) is 23.9 Å². The Balaban J connectivity index is 2.43. The molecule has 0 aromatic carbocycles. The van der Waals surface area contributed by atoms with E-state index in [1.165, 1.54) is 11.3 Å². The minimum atomic E-state index is -0.0121. The van der Waals surface area contributed by atoms with E-state index in [0.717, 1.165) is 5.69 Å². The van der Waals surface area contributed by atoms with Crippen molar-refractivity contribution in [3.8, 4) is 0 Å². The Morgan fingerprint density at radius 3 is 2.75 bits per heavy atom. The molecule has 0 aliphatic rings. The number of amides is 1. The van der Waals surface area contributed by atoms with Crippen LogP contribution in [0.25, 0.3) is 0 Å². The molecule has 1 aromatic rings. The van der Waals surface area contributed by atoms with E-state index in [9.17, 15) is 4.79 Å². The molecule has 1 heterocycles. The summed E-state index contributed by atoms with van der Waals surface area (Å²) in [5.74, 6) is 0.382. The zero-order chi connectivity index (χ0) is 12.1. The first kappa shape index (κ1) is 13.1. The van der Waals surface area contributed by atoms with Crippen LogP contribution in [0.3, 0.4) is 0 Å². The minimum absolute atomic E-state index is 0.0121. The third-order valence-corrected chi connectivity index (χ3v) is 2.96. The van der Waals surface area contributed by atoms with Crippen molar-refractivity contribution in [2.45, 2.75) is 45.6 Å². The Hall–Kier alpha value is -0.940. The van der Waals surface area contributed by atoms with Crippen LogP contribution >= 0.6 is 11.3 Å². The standard InChI is InChI=1S/C11H19N3OS/c1-7(2)9-6-16-11(13-9)14-10(15)5-4-8(3)12/h6-8H,4-5,12H2,1-3H3,(H,13,14,15). The van der Waals surface area contributed by atoms with E-state index in [1.807, 2.05) is 12.3 Å². The molecular formula is C11H19N3OS. The van der Waals surface area contributed by atoms with Gasteiger partial charge in [0.25, 0.3) is 0 Å². The molecule has 0 aliphatic heterocycles. The summed E-state index contributed by atoms with van der Waals surface area (Å²) in [4.78, 5) is 15.8. The summed E-state index contributed by atoms with van der Waals surface area (Å²) in [7, 11) is 0. The number of anilines is 1. The molecule has 0 radical (unpaired) electrons. The molecule has 1 aromatic heterocycles. The first-order valence-corrected chi connectivity index (χ1v) is 6.38. The fourth-order valence-electron chi connectivity index (χ4n) is 1.15. The van der Waals surface area contributed by atoms with Gasteiger partial charge in [-0.1, -0.05) is 13.8 Å². The first-order valence-electron chi connectivity index (χ1n) is 5.50. The average Bonchev–Trinajstić information content (AvgIpc) is 2.63. The lowest BCUT2D eigenvalue weighted by molar-refractivity contribution is -0.116. The highest BCUT2D eigenvalue weighted by Gasteiger charge is 2.09. The molecule has 1 unspecified atom stereocenters. The van der Waals surface area contributed by atoms with Gasteiger partial charge in [-0.05, 0) is 19.3 Å². The van der Waals surface area contributed by atoms with Crippen LogP contribution in [0.5, 0.6) is 0 Å². The SMILES string of the molecule is CC(N)CCC(=O)Nc1nc(C(C)C)cs1. The van der Waals surface area contributed by atoms with E-state index >= 15 is 0 Å². The van der Waals surface area contributed by atoms with Crippen LogP contribution < -0.4 is 11.1 Å². The van der Waals surface area contributed by atoms with Crippen molar-refractivity contribution in [2.75, 3.05) is 5.32 Å². The van der Waals surface area contributed by atoms with Gasteiger partial charge in [0, 0.05) is 17.8 Å². The third kappa shape index (κ3) is 4.28. The number of rotatable bonds is 5. The van der Waals surface area contributed by atoms with Crippen molar-refractivity contribution < 1.29 is 4.79 Å². The smallest absolute Gasteiger partial charge is 0.226 e. The van der Waals surface area contributed by atoms with E-state index in [2.05, 4.69) is 24.1 Å². The first-order chi connectivity index (χ1) is 7.49. The second-order valence-corrected chi connectivity index (χ2v) is 5.15. The number of carbonyl (C=O) groups excluding carboxylic acids is 1. The van der Waals surface area contributed by atoms with Crippen LogP contribution in [0.2, 0.25) is 0 Å². The van der Waals surface area contributed by atoms with Gasteiger partial charge in [-0.3, -0.25) is 4.79 Å². The summed E-state index contributed by atoms with van der Waals surface area (Å²) in [6.07, 6.45) is 1.16. The largest absolute Gasteiger partial charge is 0.328 e. The second-order valence-electron chi connectivity index (χ2n) is 4.30. The number of nitrogens with zero attached hydrogens (tertiary/aromatic N) is 1. The summed E-state index contributed by atoms with van der Waals surface area (Å²) in [6.45, 7) is 6.06. The average molecular weight is 241 g/mol. The van der Waals surface area contributed by atoms with Crippen molar-refractivity contribution in [1.82, 2.24) is 4.98 Å². The van der Waals surface area contributed by atoms with Crippen LogP contribution in [0.15, 0.2) is 5.38 Å². The number of hydrogen-bond donors (Lipinski definition) is 2. The highest BCUT2D eigenvalue weighted by atomic mass is 32.1. The number of nitrogens with one attached hydrogen (secondary N) is 1. The van der Waals surface area contributed by atoms with E-state index in [4.69, 9.17) is 5.73 Å². The number of aromatic nitrogens is 1. The van der Waals surface area contributed by atoms with E-state index in [-0.39, 0.29) is 11.9 Å². The Bertz CT molecular complexity index is 347. The Morgan fingerprint density at radius 2 is 2.25 bits per heavy atom. The Morgan fingerprint density at radius 1 is 1.56 bits per heavy atom. The zero-order valence-corrected chi connectivity index (χ0v) is 10.8. The highest BCUT2D eigenvalue weighted by Crippen LogP contribution is 2.21. The van der Waals surface area contributed by atoms with Gasteiger partial charge in [-0.25, -0.2) is 4.98 Å². The van der Waals surface area contributed by atoms with Gasteiger partial charge in [0.1, 0.15) is 0 Å². The van der Waals surface area contributed by atoms with Crippen LogP contribution in [0.1, 0.15) is 45.2 Å². The lowest BCUT2D eigenvalue weighted by Gasteiger charge is -2.04. The summed E-state index contributed by atoms with van der Waals surface area (Å²) in [6, 6.07) is 0.0632. The number of nitrogens with two attached hydrogens (primary N) is 1. The predicted octanol–water partition coefficient (Wildman–Crippen LogP) is 2.33. The van der Waals surface area contributed by atoms with Gasteiger partial charge in [0.15, 0.2) is 5.13 Å². The molecule has 0 fully saturated rings. The minimum Gasteiger partial charge on any atom is -0.328 e. The molecule has 0 saturated heterocycles. The van der Waals surface area contributed by atoms with Crippen molar-refractivity contribution in [3.63, 3.8) is 0 Å². The molecule has 1 atom stereocenters. The van der Waals surface area contributed by atoms with Crippen molar-refractivity contribution >= 4 is 22.4 Å². The number of carbonyl (C=O) groups is 1. The molecule has 16 heavy (non-hydrogen) atoms. The monoisotopic (exact) mass is 241 g/mol. The van der Waals surface area contributed by atoms with Crippen molar-refractivity contribution in [3.05, 3.63) is 11.1 Å². The zero-order valence-electron chi connectivity index (χ0n) is 9.99. The van der Waals surface area contributed by atoms with Crippen LogP contribution in [-0.4, -0.2) is 16.9 Å². The maximum Gasteiger partial charge on any atom is 0.226 e. The van der Waals surface area contributed by atoms with Crippen molar-refractivity contribution in [1.29, 1.82) is 0 Å². The molecule has 1 amide bonds. The van der Waals surface area contributed by atoms with Crippen molar-refractivity contribution in [2.24, 2.45) is 5.73 Å². The molecule has 0 saturated carbocycles.